The third kappa shape index (κ3) is 6.87. The Bertz CT molecular complexity index is 1490. The summed E-state index contributed by atoms with van der Waals surface area (Å²) in [6.07, 6.45) is 0. The van der Waals surface area contributed by atoms with Gasteiger partial charge in [0, 0.05) is 54.9 Å². The van der Waals surface area contributed by atoms with Crippen LogP contribution in [-0.4, -0.2) is 49.2 Å². The number of thioether (sulfide) groups is 1. The molecule has 0 saturated carbocycles. The van der Waals surface area contributed by atoms with E-state index in [9.17, 15) is 4.79 Å². The topological polar surface area (TPSA) is 70.6 Å². The Kier molecular flexibility index (Phi) is 8.77. The van der Waals surface area contributed by atoms with Crippen LogP contribution in [0.5, 0.6) is 5.75 Å². The first-order valence-corrected chi connectivity index (χ1v) is 14.5. The summed E-state index contributed by atoms with van der Waals surface area (Å²) in [6.45, 7) is 7.52. The second-order valence-corrected chi connectivity index (χ2v) is 11.1. The standard InChI is InChI=1S/C31H32ClN5O2S/c1-21-7-8-25(17-22(21)2)33-30(38)24-6-4-5-23(18-24)20-40-31-34-28(32)19-29(35-31)37-15-13-36(14-16-37)26-9-11-27(39-3)12-10-26/h4-12,17-19H,13-16,20H2,1-3H3,(H,33,38). The Hall–Kier alpha value is -3.75. The molecule has 1 aliphatic heterocycles. The van der Waals surface area contributed by atoms with Crippen molar-refractivity contribution in [3.8, 4) is 5.75 Å². The molecule has 7 nitrogen and oxygen atoms in total. The van der Waals surface area contributed by atoms with Gasteiger partial charge >= 0.3 is 0 Å². The lowest BCUT2D eigenvalue weighted by Gasteiger charge is -2.36. The number of nitrogens with one attached hydrogen (secondary N) is 1. The highest BCUT2D eigenvalue weighted by Gasteiger charge is 2.20. The summed E-state index contributed by atoms with van der Waals surface area (Å²) in [5, 5.41) is 4.03. The first kappa shape index (κ1) is 27.8. The van der Waals surface area contributed by atoms with Crippen molar-refractivity contribution in [2.45, 2.75) is 24.8 Å². The summed E-state index contributed by atoms with van der Waals surface area (Å²) in [4.78, 5) is 26.7. The molecular formula is C31H32ClN5O2S. The molecule has 1 aliphatic rings. The molecule has 0 radical (unpaired) electrons. The Balaban J connectivity index is 1.19. The maximum absolute atomic E-state index is 12.9. The van der Waals surface area contributed by atoms with Crippen LogP contribution in [0.15, 0.2) is 78.0 Å². The molecule has 1 fully saturated rings. The first-order valence-electron chi connectivity index (χ1n) is 13.2. The van der Waals surface area contributed by atoms with Gasteiger partial charge in [0.1, 0.15) is 16.7 Å². The number of amides is 1. The van der Waals surface area contributed by atoms with E-state index >= 15 is 0 Å². The summed E-state index contributed by atoms with van der Waals surface area (Å²) in [5.41, 5.74) is 5.93. The number of hydrogen-bond acceptors (Lipinski definition) is 7. The van der Waals surface area contributed by atoms with Gasteiger partial charge in [-0.15, -0.1) is 0 Å². The highest BCUT2D eigenvalue weighted by molar-refractivity contribution is 7.98. The molecule has 4 aromatic rings. The number of ether oxygens (including phenoxy) is 1. The van der Waals surface area contributed by atoms with E-state index in [1.165, 1.54) is 23.0 Å². The molecule has 0 atom stereocenters. The predicted octanol–water partition coefficient (Wildman–Crippen LogP) is 6.63. The summed E-state index contributed by atoms with van der Waals surface area (Å²) >= 11 is 7.91. The minimum Gasteiger partial charge on any atom is -0.497 e. The van der Waals surface area contributed by atoms with E-state index in [-0.39, 0.29) is 5.91 Å². The Labute approximate surface area is 244 Å². The van der Waals surface area contributed by atoms with Crippen molar-refractivity contribution in [1.82, 2.24) is 9.97 Å². The molecular weight excluding hydrogens is 542 g/mol. The molecule has 0 bridgehead atoms. The lowest BCUT2D eigenvalue weighted by atomic mass is 10.1. The fourth-order valence-electron chi connectivity index (χ4n) is 4.57. The highest BCUT2D eigenvalue weighted by Crippen LogP contribution is 2.27. The molecule has 0 aliphatic carbocycles. The number of methoxy groups -OCH3 is 1. The number of nitrogens with zero attached hydrogens (tertiary/aromatic N) is 4. The molecule has 9 heteroatoms. The van der Waals surface area contributed by atoms with Gasteiger partial charge < -0.3 is 19.9 Å². The fraction of sp³-hybridized carbons (Fsp3) is 0.258. The van der Waals surface area contributed by atoms with Crippen molar-refractivity contribution in [2.24, 2.45) is 0 Å². The van der Waals surface area contributed by atoms with Crippen LogP contribution in [0.1, 0.15) is 27.0 Å². The molecule has 2 heterocycles. The van der Waals surface area contributed by atoms with Gasteiger partial charge in [-0.1, -0.05) is 41.6 Å². The number of halogens is 1. The van der Waals surface area contributed by atoms with E-state index in [1.807, 2.05) is 67.6 Å². The third-order valence-corrected chi connectivity index (χ3v) is 8.14. The zero-order chi connectivity index (χ0) is 28.1. The number of rotatable bonds is 8. The maximum Gasteiger partial charge on any atom is 0.255 e. The lowest BCUT2D eigenvalue weighted by molar-refractivity contribution is 0.102. The van der Waals surface area contributed by atoms with E-state index in [4.69, 9.17) is 21.3 Å². The van der Waals surface area contributed by atoms with Gasteiger partial charge in [0.25, 0.3) is 5.91 Å². The van der Waals surface area contributed by atoms with Crippen molar-refractivity contribution in [2.75, 3.05) is 48.4 Å². The van der Waals surface area contributed by atoms with Crippen LogP contribution in [0, 0.1) is 13.8 Å². The van der Waals surface area contributed by atoms with E-state index in [2.05, 4.69) is 39.2 Å². The van der Waals surface area contributed by atoms with Crippen LogP contribution in [0.3, 0.4) is 0 Å². The Morgan fingerprint density at radius 3 is 2.40 bits per heavy atom. The lowest BCUT2D eigenvalue weighted by Crippen LogP contribution is -2.46. The smallest absolute Gasteiger partial charge is 0.255 e. The van der Waals surface area contributed by atoms with Crippen LogP contribution in [-0.2, 0) is 5.75 Å². The van der Waals surface area contributed by atoms with Gasteiger partial charge in [0.15, 0.2) is 5.16 Å². The third-order valence-electron chi connectivity index (χ3n) is 7.02. The second-order valence-electron chi connectivity index (χ2n) is 9.75. The van der Waals surface area contributed by atoms with Crippen molar-refractivity contribution in [3.05, 3.63) is 100 Å². The minimum atomic E-state index is -0.134. The summed E-state index contributed by atoms with van der Waals surface area (Å²) in [6, 6.07) is 23.5. The Morgan fingerprint density at radius 2 is 1.68 bits per heavy atom. The number of hydrogen-bond donors (Lipinski definition) is 1. The quantitative estimate of drug-likeness (QED) is 0.144. The monoisotopic (exact) mass is 573 g/mol. The van der Waals surface area contributed by atoms with Crippen LogP contribution < -0.4 is 19.9 Å². The largest absolute Gasteiger partial charge is 0.497 e. The molecule has 40 heavy (non-hydrogen) atoms. The Morgan fingerprint density at radius 1 is 0.925 bits per heavy atom. The van der Waals surface area contributed by atoms with E-state index < -0.39 is 0 Å². The summed E-state index contributed by atoms with van der Waals surface area (Å²) < 4.78 is 5.27. The van der Waals surface area contributed by atoms with Crippen LogP contribution >= 0.6 is 23.4 Å². The number of aromatic nitrogens is 2. The summed E-state index contributed by atoms with van der Waals surface area (Å²) in [5.74, 6) is 2.18. The molecule has 1 aromatic heterocycles. The van der Waals surface area contributed by atoms with Crippen LogP contribution in [0.25, 0.3) is 0 Å². The molecule has 1 N–H and O–H groups in total. The molecule has 1 amide bonds. The van der Waals surface area contributed by atoms with Crippen molar-refractivity contribution >= 4 is 46.5 Å². The SMILES string of the molecule is COc1ccc(N2CCN(c3cc(Cl)nc(SCc4cccc(C(=O)Nc5ccc(C)c(C)c5)c4)n3)CC2)cc1. The molecule has 5 rings (SSSR count). The normalized spacial score (nSPS) is 13.3. The second kappa shape index (κ2) is 12.6. The van der Waals surface area contributed by atoms with Crippen molar-refractivity contribution in [1.29, 1.82) is 0 Å². The highest BCUT2D eigenvalue weighted by atomic mass is 35.5. The molecule has 206 valence electrons. The minimum absolute atomic E-state index is 0.134. The van der Waals surface area contributed by atoms with Gasteiger partial charge in [0.2, 0.25) is 0 Å². The average Bonchev–Trinajstić information content (AvgIpc) is 2.98. The zero-order valence-corrected chi connectivity index (χ0v) is 24.4. The van der Waals surface area contributed by atoms with E-state index in [0.717, 1.165) is 54.6 Å². The number of anilines is 3. The van der Waals surface area contributed by atoms with Crippen molar-refractivity contribution in [3.63, 3.8) is 0 Å². The first-order chi connectivity index (χ1) is 19.4. The molecule has 0 spiro atoms. The van der Waals surface area contributed by atoms with Gasteiger partial charge in [-0.2, -0.15) is 0 Å². The van der Waals surface area contributed by atoms with Crippen molar-refractivity contribution < 1.29 is 9.53 Å². The number of aryl methyl sites for hydroxylation is 2. The molecule has 3 aromatic carbocycles. The number of carbonyl (C=O) groups is 1. The van der Waals surface area contributed by atoms with E-state index in [1.54, 1.807) is 7.11 Å². The van der Waals surface area contributed by atoms with Gasteiger partial charge in [-0.3, -0.25) is 4.79 Å². The van der Waals surface area contributed by atoms with Gasteiger partial charge in [-0.25, -0.2) is 9.97 Å². The molecule has 1 saturated heterocycles. The number of carbonyl (C=O) groups excluding carboxylic acids is 1. The number of piperazine rings is 1. The fourth-order valence-corrected chi connectivity index (χ4v) is 5.60. The van der Waals surface area contributed by atoms with E-state index in [0.29, 0.717) is 21.6 Å². The van der Waals surface area contributed by atoms with Gasteiger partial charge in [0.05, 0.1) is 7.11 Å². The average molecular weight is 574 g/mol. The zero-order valence-electron chi connectivity index (χ0n) is 22.9. The predicted molar refractivity (Wildman–Crippen MR) is 164 cm³/mol. The summed E-state index contributed by atoms with van der Waals surface area (Å²) in [7, 11) is 1.68. The maximum atomic E-state index is 12.9. The van der Waals surface area contributed by atoms with Crippen LogP contribution in [0.4, 0.5) is 17.2 Å². The number of benzene rings is 3. The van der Waals surface area contributed by atoms with Gasteiger partial charge in [-0.05, 0) is 79.1 Å². The van der Waals surface area contributed by atoms with Crippen LogP contribution in [0.2, 0.25) is 5.15 Å². The molecule has 0 unspecified atom stereocenters.